The molecule has 1 rings (SSSR count). The van der Waals surface area contributed by atoms with Crippen LogP contribution in [0.5, 0.6) is 0 Å². The number of nitrogens with one attached hydrogen (secondary N) is 1. The lowest BCUT2D eigenvalue weighted by Crippen LogP contribution is -2.39. The first-order valence-electron chi connectivity index (χ1n) is 6.87. The Bertz CT molecular complexity index is 375. The van der Waals surface area contributed by atoms with E-state index in [1.807, 2.05) is 11.6 Å². The van der Waals surface area contributed by atoms with Crippen molar-refractivity contribution in [1.82, 2.24) is 15.2 Å². The number of hydrogen-bond acceptors (Lipinski definition) is 4. The number of nitrogens with zero attached hydrogens (tertiary/aromatic N) is 2. The Morgan fingerprint density at radius 3 is 2.63 bits per heavy atom. The highest BCUT2D eigenvalue weighted by Gasteiger charge is 2.28. The molecule has 0 saturated heterocycles. The zero-order valence-corrected chi connectivity index (χ0v) is 12.9. The number of ether oxygens (including phenoxy) is 1. The van der Waals surface area contributed by atoms with Crippen LogP contribution in [0.15, 0.2) is 6.20 Å². The fraction of sp³-hybridized carbons (Fsp3) is 0.769. The second kappa shape index (κ2) is 7.85. The van der Waals surface area contributed by atoms with Gasteiger partial charge in [0.15, 0.2) is 0 Å². The summed E-state index contributed by atoms with van der Waals surface area (Å²) in [5.74, 6) is 5.73. The van der Waals surface area contributed by atoms with E-state index in [0.717, 1.165) is 18.5 Å². The van der Waals surface area contributed by atoms with Gasteiger partial charge in [-0.05, 0) is 27.2 Å². The van der Waals surface area contributed by atoms with Crippen LogP contribution in [-0.2, 0) is 4.74 Å². The molecule has 1 aromatic heterocycles. The van der Waals surface area contributed by atoms with Gasteiger partial charge in [-0.1, -0.05) is 24.9 Å². The molecule has 0 bridgehead atoms. The lowest BCUT2D eigenvalue weighted by molar-refractivity contribution is 0.0251. The maximum absolute atomic E-state index is 6.27. The Hall–Kier alpha value is -0.620. The molecule has 0 aromatic carbocycles. The minimum absolute atomic E-state index is 0.00769. The van der Waals surface area contributed by atoms with E-state index in [1.165, 1.54) is 0 Å². The molecule has 5 nitrogen and oxygen atoms in total. The molecule has 2 atom stereocenters. The fourth-order valence-corrected chi connectivity index (χ4v) is 2.51. The van der Waals surface area contributed by atoms with Gasteiger partial charge < -0.3 is 4.74 Å². The lowest BCUT2D eigenvalue weighted by atomic mass is 10.0. The molecule has 19 heavy (non-hydrogen) atoms. The van der Waals surface area contributed by atoms with Crippen molar-refractivity contribution in [3.63, 3.8) is 0 Å². The maximum Gasteiger partial charge on any atom is 0.0905 e. The number of halogens is 1. The summed E-state index contributed by atoms with van der Waals surface area (Å²) in [5.41, 5.74) is 3.73. The monoisotopic (exact) mass is 288 g/mol. The Labute approximate surface area is 120 Å². The van der Waals surface area contributed by atoms with Crippen molar-refractivity contribution in [2.24, 2.45) is 5.84 Å². The molecule has 110 valence electrons. The van der Waals surface area contributed by atoms with Crippen molar-refractivity contribution in [3.05, 3.63) is 16.9 Å². The molecule has 3 N–H and O–H groups in total. The summed E-state index contributed by atoms with van der Waals surface area (Å²) in [4.78, 5) is 0. The van der Waals surface area contributed by atoms with Gasteiger partial charge >= 0.3 is 0 Å². The molecule has 0 amide bonds. The Balaban J connectivity index is 3.09. The summed E-state index contributed by atoms with van der Waals surface area (Å²) in [5, 5.41) is 4.94. The normalized spacial score (nSPS) is 14.9. The van der Waals surface area contributed by atoms with Crippen LogP contribution in [0.1, 0.15) is 58.3 Å². The van der Waals surface area contributed by atoms with Crippen LogP contribution >= 0.6 is 11.6 Å². The Kier molecular flexibility index (Phi) is 6.79. The molecule has 0 aliphatic heterocycles. The van der Waals surface area contributed by atoms with Crippen LogP contribution in [0, 0.1) is 0 Å². The molecule has 0 saturated carbocycles. The Morgan fingerprint density at radius 2 is 2.16 bits per heavy atom. The second-order valence-electron chi connectivity index (χ2n) is 4.84. The quantitative estimate of drug-likeness (QED) is 0.570. The van der Waals surface area contributed by atoms with E-state index >= 15 is 0 Å². The largest absolute Gasteiger partial charge is 0.376 e. The second-order valence-corrected chi connectivity index (χ2v) is 5.25. The predicted molar refractivity (Wildman–Crippen MR) is 78.0 cm³/mol. The highest BCUT2D eigenvalue weighted by Crippen LogP contribution is 2.30. The molecule has 6 heteroatoms. The van der Waals surface area contributed by atoms with E-state index in [2.05, 4.69) is 31.3 Å². The first kappa shape index (κ1) is 16.4. The van der Waals surface area contributed by atoms with Crippen LogP contribution in [0.2, 0.25) is 5.02 Å². The van der Waals surface area contributed by atoms with E-state index in [0.29, 0.717) is 11.6 Å². The van der Waals surface area contributed by atoms with Gasteiger partial charge in [-0.25, -0.2) is 5.43 Å². The summed E-state index contributed by atoms with van der Waals surface area (Å²) < 4.78 is 7.70. The van der Waals surface area contributed by atoms with Gasteiger partial charge in [0.05, 0.1) is 29.1 Å². The third kappa shape index (κ3) is 3.92. The Morgan fingerprint density at radius 1 is 1.47 bits per heavy atom. The number of hydrogen-bond donors (Lipinski definition) is 2. The van der Waals surface area contributed by atoms with Crippen molar-refractivity contribution in [2.75, 3.05) is 6.61 Å². The van der Waals surface area contributed by atoms with Gasteiger partial charge in [0.1, 0.15) is 0 Å². The van der Waals surface area contributed by atoms with E-state index in [4.69, 9.17) is 22.2 Å². The number of rotatable bonds is 8. The minimum atomic E-state index is -0.155. The van der Waals surface area contributed by atoms with E-state index in [9.17, 15) is 0 Å². The molecule has 0 aliphatic carbocycles. The standard InChI is InChI=1S/C13H25ClN4O/c1-5-7-11(19-6-2)12(17-15)13-10(14)8-16-18(13)9(3)4/h8-9,11-12,17H,5-7,15H2,1-4H3. The molecular weight excluding hydrogens is 264 g/mol. The summed E-state index contributed by atoms with van der Waals surface area (Å²) in [6.07, 6.45) is 3.60. The molecule has 0 spiro atoms. The molecule has 1 heterocycles. The molecule has 0 fully saturated rings. The summed E-state index contributed by atoms with van der Waals surface area (Å²) in [6.45, 7) is 8.89. The van der Waals surface area contributed by atoms with Gasteiger partial charge in [0.25, 0.3) is 0 Å². The van der Waals surface area contributed by atoms with Crippen molar-refractivity contribution in [3.8, 4) is 0 Å². The fourth-order valence-electron chi connectivity index (χ4n) is 2.26. The summed E-state index contributed by atoms with van der Waals surface area (Å²) in [6, 6.07) is 0.0690. The first-order chi connectivity index (χ1) is 9.06. The molecule has 0 radical (unpaired) electrons. The van der Waals surface area contributed by atoms with Gasteiger partial charge in [-0.3, -0.25) is 10.5 Å². The highest BCUT2D eigenvalue weighted by atomic mass is 35.5. The van der Waals surface area contributed by atoms with E-state index in [1.54, 1.807) is 6.20 Å². The average Bonchev–Trinajstić information content (AvgIpc) is 2.73. The summed E-state index contributed by atoms with van der Waals surface area (Å²) >= 11 is 6.27. The first-order valence-corrected chi connectivity index (χ1v) is 7.25. The van der Waals surface area contributed by atoms with Crippen molar-refractivity contribution in [1.29, 1.82) is 0 Å². The maximum atomic E-state index is 6.27. The van der Waals surface area contributed by atoms with Gasteiger partial charge in [-0.2, -0.15) is 5.10 Å². The highest BCUT2D eigenvalue weighted by molar-refractivity contribution is 6.31. The number of hydrazine groups is 1. The van der Waals surface area contributed by atoms with Gasteiger partial charge in [0, 0.05) is 12.6 Å². The molecular formula is C13H25ClN4O. The molecule has 2 unspecified atom stereocenters. The van der Waals surface area contributed by atoms with E-state index in [-0.39, 0.29) is 18.2 Å². The van der Waals surface area contributed by atoms with Crippen LogP contribution < -0.4 is 11.3 Å². The van der Waals surface area contributed by atoms with Crippen molar-refractivity contribution >= 4 is 11.6 Å². The number of aromatic nitrogens is 2. The lowest BCUT2D eigenvalue weighted by Gasteiger charge is -2.28. The van der Waals surface area contributed by atoms with Crippen LogP contribution in [-0.4, -0.2) is 22.5 Å². The molecule has 0 aliphatic rings. The third-order valence-electron chi connectivity index (χ3n) is 3.08. The SMILES string of the molecule is CCCC(OCC)C(NN)c1c(Cl)cnn1C(C)C. The smallest absolute Gasteiger partial charge is 0.0905 e. The predicted octanol–water partition coefficient (Wildman–Crippen LogP) is 2.83. The number of nitrogens with two attached hydrogens (primary N) is 1. The summed E-state index contributed by atoms with van der Waals surface area (Å²) in [7, 11) is 0. The zero-order valence-electron chi connectivity index (χ0n) is 12.2. The average molecular weight is 289 g/mol. The van der Waals surface area contributed by atoms with Crippen LogP contribution in [0.25, 0.3) is 0 Å². The minimum Gasteiger partial charge on any atom is -0.376 e. The third-order valence-corrected chi connectivity index (χ3v) is 3.37. The van der Waals surface area contributed by atoms with Crippen molar-refractivity contribution in [2.45, 2.75) is 58.7 Å². The topological polar surface area (TPSA) is 65.1 Å². The van der Waals surface area contributed by atoms with Gasteiger partial charge in [0.2, 0.25) is 0 Å². The van der Waals surface area contributed by atoms with Crippen LogP contribution in [0.4, 0.5) is 0 Å². The van der Waals surface area contributed by atoms with Crippen LogP contribution in [0.3, 0.4) is 0 Å². The molecule has 1 aromatic rings. The van der Waals surface area contributed by atoms with E-state index < -0.39 is 0 Å². The zero-order chi connectivity index (χ0) is 14.4. The van der Waals surface area contributed by atoms with Crippen molar-refractivity contribution < 1.29 is 4.74 Å². The van der Waals surface area contributed by atoms with Gasteiger partial charge in [-0.15, -0.1) is 0 Å².